The summed E-state index contributed by atoms with van der Waals surface area (Å²) in [5.41, 5.74) is 15.1. The Morgan fingerprint density at radius 1 is 1.25 bits per heavy atom. The van der Waals surface area contributed by atoms with Gasteiger partial charge >= 0.3 is 0 Å². The standard InChI is InChI=1S/C7H7N3.ClH.Zn/c8-7-3-1-6(2-4-7)5-10-9;;/h1-5H,8H2;1H;. The first kappa shape index (κ1) is 13.9. The Labute approximate surface area is 89.8 Å². The second kappa shape index (κ2) is 6.99. The van der Waals surface area contributed by atoms with Gasteiger partial charge in [0.05, 0.1) is 5.56 Å². The predicted octanol–water partition coefficient (Wildman–Crippen LogP) is 1.34. The Morgan fingerprint density at radius 2 is 1.75 bits per heavy atom. The van der Waals surface area contributed by atoms with Crippen LogP contribution in [0.25, 0.3) is 5.53 Å². The van der Waals surface area contributed by atoms with Crippen molar-refractivity contribution < 1.29 is 24.3 Å². The van der Waals surface area contributed by atoms with Gasteiger partial charge in [-0.1, -0.05) is 0 Å². The van der Waals surface area contributed by atoms with Crippen molar-refractivity contribution in [2.45, 2.75) is 0 Å². The van der Waals surface area contributed by atoms with E-state index in [0.717, 1.165) is 5.56 Å². The molecule has 0 unspecified atom stereocenters. The van der Waals surface area contributed by atoms with Crippen LogP contribution in [0.1, 0.15) is 5.56 Å². The number of anilines is 1. The molecule has 0 aliphatic rings. The maximum Gasteiger partial charge on any atom is 0.287 e. The first-order valence-electron chi connectivity index (χ1n) is 2.86. The van der Waals surface area contributed by atoms with E-state index in [1.165, 1.54) is 6.21 Å². The van der Waals surface area contributed by atoms with Gasteiger partial charge in [-0.25, -0.2) is 0 Å². The summed E-state index contributed by atoms with van der Waals surface area (Å²) in [6, 6.07) is 7.04. The topological polar surface area (TPSA) is 62.4 Å². The van der Waals surface area contributed by atoms with Crippen molar-refractivity contribution in [2.75, 3.05) is 5.73 Å². The number of hydrogen-bond donors (Lipinski definition) is 1. The van der Waals surface area contributed by atoms with Gasteiger partial charge in [0.2, 0.25) is 0 Å². The van der Waals surface area contributed by atoms with E-state index >= 15 is 0 Å². The first-order chi connectivity index (χ1) is 4.83. The van der Waals surface area contributed by atoms with E-state index < -0.39 is 0 Å². The van der Waals surface area contributed by atoms with E-state index in [9.17, 15) is 0 Å². The Hall–Kier alpha value is -0.687. The van der Waals surface area contributed by atoms with E-state index in [0.29, 0.717) is 5.69 Å². The molecule has 5 heteroatoms. The monoisotopic (exact) mass is 233 g/mol. The molecule has 3 nitrogen and oxygen atoms in total. The number of nitrogens with two attached hydrogens (primary N) is 1. The average Bonchev–Trinajstić information content (AvgIpc) is 1.95. The fourth-order valence-corrected chi connectivity index (χ4v) is 0.649. The number of nitrogen functional groups attached to an aromatic ring is 1. The van der Waals surface area contributed by atoms with Crippen LogP contribution < -0.4 is 5.73 Å². The maximum atomic E-state index is 8.13. The van der Waals surface area contributed by atoms with Crippen LogP contribution in [0, 0.1) is 0 Å². The van der Waals surface area contributed by atoms with Crippen molar-refractivity contribution in [3.8, 4) is 0 Å². The summed E-state index contributed by atoms with van der Waals surface area (Å²) in [5, 5.41) is 0. The van der Waals surface area contributed by atoms with Gasteiger partial charge in [-0.05, 0) is 24.3 Å². The molecule has 0 spiro atoms. The summed E-state index contributed by atoms with van der Waals surface area (Å²) in [5.74, 6) is 0. The Kier molecular flexibility index (Phi) is 8.08. The number of benzene rings is 1. The normalized spacial score (nSPS) is 7.00. The van der Waals surface area contributed by atoms with E-state index in [1.807, 2.05) is 0 Å². The molecule has 2 N–H and O–H groups in total. The molecule has 0 atom stereocenters. The van der Waals surface area contributed by atoms with Crippen LogP contribution in [0.15, 0.2) is 24.3 Å². The van der Waals surface area contributed by atoms with Gasteiger partial charge in [-0.3, -0.25) is 0 Å². The van der Waals surface area contributed by atoms with E-state index in [2.05, 4.69) is 4.79 Å². The van der Waals surface area contributed by atoms with Crippen LogP contribution in [-0.2, 0) is 19.5 Å². The molecule has 1 aromatic rings. The summed E-state index contributed by atoms with van der Waals surface area (Å²) >= 11 is 0. The van der Waals surface area contributed by atoms with Crippen molar-refractivity contribution in [1.29, 1.82) is 0 Å². The molecule has 0 amide bonds. The van der Waals surface area contributed by atoms with Crippen LogP contribution in [0.5, 0.6) is 0 Å². The molecule has 0 radical (unpaired) electrons. The minimum Gasteiger partial charge on any atom is -0.399 e. The smallest absolute Gasteiger partial charge is 0.287 e. The van der Waals surface area contributed by atoms with Crippen LogP contribution in [0.3, 0.4) is 0 Å². The molecule has 0 fully saturated rings. The van der Waals surface area contributed by atoms with E-state index in [4.69, 9.17) is 11.3 Å². The van der Waals surface area contributed by atoms with Crippen molar-refractivity contribution in [2.24, 2.45) is 0 Å². The Bertz CT molecular complexity index is 266. The third kappa shape index (κ3) is 4.25. The molecule has 60 valence electrons. The van der Waals surface area contributed by atoms with Crippen molar-refractivity contribution >= 4 is 24.3 Å². The third-order valence-corrected chi connectivity index (χ3v) is 1.14. The molecule has 0 bridgehead atoms. The summed E-state index contributed by atoms with van der Waals surface area (Å²) in [4.78, 5) is 2.87. The minimum atomic E-state index is 0. The SMILES string of the molecule is Cl.[N-]=[N+]=Cc1ccc(N)cc1.[Zn]. The average molecular weight is 235 g/mol. The largest absolute Gasteiger partial charge is 0.399 e. The molecule has 0 aliphatic carbocycles. The number of hydrogen-bond acceptors (Lipinski definition) is 1. The van der Waals surface area contributed by atoms with Gasteiger partial charge in [0.15, 0.2) is 0 Å². The molecule has 0 saturated heterocycles. The molecule has 0 aromatic heterocycles. The van der Waals surface area contributed by atoms with Gasteiger partial charge in [0.25, 0.3) is 6.21 Å². The summed E-state index contributed by atoms with van der Waals surface area (Å²) < 4.78 is 0. The van der Waals surface area contributed by atoms with Gasteiger partial charge < -0.3 is 11.3 Å². The molecule has 1 aromatic carbocycles. The minimum absolute atomic E-state index is 0. The number of rotatable bonds is 1. The number of halogens is 1. The molecular weight excluding hydrogens is 227 g/mol. The first-order valence-corrected chi connectivity index (χ1v) is 2.86. The van der Waals surface area contributed by atoms with Crippen molar-refractivity contribution in [3.05, 3.63) is 35.4 Å². The zero-order valence-corrected chi connectivity index (χ0v) is 10.3. The zero-order valence-electron chi connectivity index (χ0n) is 6.47. The molecular formula is C7H8ClN3Zn. The fraction of sp³-hybridized carbons (Fsp3) is 0. The Balaban J connectivity index is 0. The van der Waals surface area contributed by atoms with Gasteiger partial charge in [0, 0.05) is 25.2 Å². The molecule has 0 heterocycles. The van der Waals surface area contributed by atoms with Crippen molar-refractivity contribution in [1.82, 2.24) is 0 Å². The molecule has 1 rings (SSSR count). The number of nitrogens with zero attached hydrogens (tertiary/aromatic N) is 2. The summed E-state index contributed by atoms with van der Waals surface area (Å²) in [7, 11) is 0. The fourth-order valence-electron chi connectivity index (χ4n) is 0.649. The van der Waals surface area contributed by atoms with Crippen LogP contribution in [0.4, 0.5) is 5.69 Å². The van der Waals surface area contributed by atoms with Gasteiger partial charge in [0.1, 0.15) is 0 Å². The predicted molar refractivity (Wildman–Crippen MR) is 46.9 cm³/mol. The van der Waals surface area contributed by atoms with E-state index in [-0.39, 0.29) is 31.9 Å². The van der Waals surface area contributed by atoms with Gasteiger partial charge in [-0.15, -0.1) is 12.4 Å². The van der Waals surface area contributed by atoms with Gasteiger partial charge in [-0.2, -0.15) is 4.79 Å². The quantitative estimate of drug-likeness (QED) is 0.258. The van der Waals surface area contributed by atoms with E-state index in [1.54, 1.807) is 24.3 Å². The molecule has 12 heavy (non-hydrogen) atoms. The van der Waals surface area contributed by atoms with Crippen molar-refractivity contribution in [3.63, 3.8) is 0 Å². The Morgan fingerprint density at radius 3 is 2.17 bits per heavy atom. The summed E-state index contributed by atoms with van der Waals surface area (Å²) in [6.45, 7) is 0. The summed E-state index contributed by atoms with van der Waals surface area (Å²) in [6.07, 6.45) is 1.35. The molecule has 0 saturated carbocycles. The molecule has 0 aliphatic heterocycles. The van der Waals surface area contributed by atoms with Crippen LogP contribution in [0.2, 0.25) is 0 Å². The van der Waals surface area contributed by atoms with Crippen LogP contribution in [-0.4, -0.2) is 11.0 Å². The van der Waals surface area contributed by atoms with Crippen LogP contribution >= 0.6 is 12.4 Å². The maximum absolute atomic E-state index is 8.13. The zero-order chi connectivity index (χ0) is 7.40. The second-order valence-corrected chi connectivity index (χ2v) is 1.91. The third-order valence-electron chi connectivity index (χ3n) is 1.14. The second-order valence-electron chi connectivity index (χ2n) is 1.91.